The Bertz CT molecular complexity index is 1180. The van der Waals surface area contributed by atoms with Crippen molar-refractivity contribution < 1.29 is 24.2 Å². The Balaban J connectivity index is 2.55. The second-order valence-electron chi connectivity index (χ2n) is 12.0. The van der Waals surface area contributed by atoms with E-state index in [2.05, 4.69) is 17.6 Å². The number of ether oxygens (including phenoxy) is 1. The minimum atomic E-state index is -1.12. The van der Waals surface area contributed by atoms with Crippen molar-refractivity contribution >= 4 is 35.4 Å². The number of hydrogen-bond acceptors (Lipinski definition) is 6. The third-order valence-corrected chi connectivity index (χ3v) is 7.80. The number of hydrogen-bond donors (Lipinski definition) is 3. The molecule has 0 saturated carbocycles. The van der Waals surface area contributed by atoms with Crippen LogP contribution in [0.1, 0.15) is 95.4 Å². The van der Waals surface area contributed by atoms with Crippen molar-refractivity contribution in [3.63, 3.8) is 0 Å². The molecule has 2 rings (SSSR count). The molecule has 8 nitrogen and oxygen atoms in total. The van der Waals surface area contributed by atoms with Crippen molar-refractivity contribution in [2.75, 3.05) is 23.9 Å². The fraction of sp³-hybridized carbons (Fsp3) is 0.559. The van der Waals surface area contributed by atoms with Crippen LogP contribution in [0.2, 0.25) is 0 Å². The Hall–Kier alpha value is -3.20. The number of rotatable bonds is 16. The van der Waals surface area contributed by atoms with Crippen molar-refractivity contribution in [3.05, 3.63) is 59.2 Å². The van der Waals surface area contributed by atoms with E-state index >= 15 is 0 Å². The van der Waals surface area contributed by atoms with Gasteiger partial charge in [-0.1, -0.05) is 75.4 Å². The van der Waals surface area contributed by atoms with Crippen LogP contribution in [0, 0.1) is 13.8 Å². The summed E-state index contributed by atoms with van der Waals surface area (Å²) in [4.78, 5) is 43.0. The fourth-order valence-corrected chi connectivity index (χ4v) is 5.42. The second kappa shape index (κ2) is 17.8. The van der Waals surface area contributed by atoms with Crippen LogP contribution in [0.3, 0.4) is 0 Å². The average Bonchev–Trinajstić information content (AvgIpc) is 2.93. The highest BCUT2D eigenvalue weighted by molar-refractivity contribution is 7.98. The molecule has 238 valence electrons. The fourth-order valence-electron chi connectivity index (χ4n) is 4.94. The van der Waals surface area contributed by atoms with Crippen molar-refractivity contribution in [3.8, 4) is 5.75 Å². The van der Waals surface area contributed by atoms with Gasteiger partial charge >= 0.3 is 6.09 Å². The highest BCUT2D eigenvalue weighted by Crippen LogP contribution is 2.32. The van der Waals surface area contributed by atoms with Gasteiger partial charge in [0.05, 0.1) is 0 Å². The van der Waals surface area contributed by atoms with Gasteiger partial charge in [0.25, 0.3) is 5.91 Å². The van der Waals surface area contributed by atoms with Crippen molar-refractivity contribution in [2.24, 2.45) is 0 Å². The van der Waals surface area contributed by atoms with E-state index in [1.165, 1.54) is 11.0 Å². The van der Waals surface area contributed by atoms with Gasteiger partial charge in [0.1, 0.15) is 23.4 Å². The quantitative estimate of drug-likeness (QED) is 0.169. The zero-order valence-corrected chi connectivity index (χ0v) is 27.8. The van der Waals surface area contributed by atoms with Gasteiger partial charge in [-0.05, 0) is 76.7 Å². The minimum Gasteiger partial charge on any atom is -0.508 e. The van der Waals surface area contributed by atoms with Crippen LogP contribution in [-0.4, -0.2) is 58.1 Å². The number of carbonyl (C=O) groups excluding carboxylic acids is 3. The van der Waals surface area contributed by atoms with Gasteiger partial charge in [-0.25, -0.2) is 4.79 Å². The molecule has 9 heteroatoms. The number of nitrogens with one attached hydrogen (secondary N) is 2. The van der Waals surface area contributed by atoms with Crippen LogP contribution < -0.4 is 10.6 Å². The summed E-state index contributed by atoms with van der Waals surface area (Å²) in [5, 5.41) is 16.8. The van der Waals surface area contributed by atoms with E-state index in [-0.39, 0.29) is 12.3 Å². The lowest BCUT2D eigenvalue weighted by atomic mass is 9.99. The number of phenolic OH excluding ortho intramolecular Hbond substituents is 1. The number of anilines is 1. The van der Waals surface area contributed by atoms with Crippen molar-refractivity contribution in [2.45, 2.75) is 104 Å². The molecule has 0 heterocycles. The van der Waals surface area contributed by atoms with Crippen LogP contribution >= 0.6 is 11.8 Å². The van der Waals surface area contributed by atoms with E-state index in [0.717, 1.165) is 43.2 Å². The van der Waals surface area contributed by atoms with Crippen LogP contribution in [0.25, 0.3) is 0 Å². The van der Waals surface area contributed by atoms with E-state index in [9.17, 15) is 19.5 Å². The SMILES string of the molecule is CCCCCCCCN(C(=O)C(CCSC)NC(=O)OC(C)(C)C)C(C(=O)Nc1c(C)cccc1C)c1ccccc1O. The largest absolute Gasteiger partial charge is 0.508 e. The molecule has 0 aliphatic heterocycles. The predicted octanol–water partition coefficient (Wildman–Crippen LogP) is 7.52. The summed E-state index contributed by atoms with van der Waals surface area (Å²) < 4.78 is 5.48. The zero-order valence-electron chi connectivity index (χ0n) is 27.0. The van der Waals surface area contributed by atoms with Gasteiger partial charge in [0.15, 0.2) is 0 Å². The Morgan fingerprint density at radius 2 is 1.58 bits per heavy atom. The molecule has 43 heavy (non-hydrogen) atoms. The normalized spacial score (nSPS) is 12.7. The highest BCUT2D eigenvalue weighted by atomic mass is 32.2. The number of benzene rings is 2. The molecule has 3 N–H and O–H groups in total. The van der Waals surface area contributed by atoms with Gasteiger partial charge in [0.2, 0.25) is 5.91 Å². The molecular formula is C34H51N3O5S. The zero-order chi connectivity index (χ0) is 32.0. The third-order valence-electron chi connectivity index (χ3n) is 7.16. The van der Waals surface area contributed by atoms with Crippen molar-refractivity contribution in [1.29, 1.82) is 0 Å². The first-order valence-corrected chi connectivity index (χ1v) is 16.7. The van der Waals surface area contributed by atoms with Gasteiger partial charge < -0.3 is 25.4 Å². The first-order valence-electron chi connectivity index (χ1n) is 15.3. The maximum Gasteiger partial charge on any atom is 0.408 e. The monoisotopic (exact) mass is 613 g/mol. The van der Waals surface area contributed by atoms with Crippen LogP contribution in [-0.2, 0) is 14.3 Å². The Morgan fingerprint density at radius 3 is 2.19 bits per heavy atom. The van der Waals surface area contributed by atoms with E-state index in [4.69, 9.17) is 4.74 Å². The number of carbonyl (C=O) groups is 3. The summed E-state index contributed by atoms with van der Waals surface area (Å²) in [6.07, 6.45) is 7.59. The van der Waals surface area contributed by atoms with E-state index in [1.807, 2.05) is 38.3 Å². The number of amides is 3. The number of unbranched alkanes of at least 4 members (excludes halogenated alkanes) is 5. The van der Waals surface area contributed by atoms with E-state index in [0.29, 0.717) is 29.8 Å². The van der Waals surface area contributed by atoms with Gasteiger partial charge in [0, 0.05) is 17.8 Å². The molecule has 2 atom stereocenters. The summed E-state index contributed by atoms with van der Waals surface area (Å²) in [7, 11) is 0. The van der Waals surface area contributed by atoms with Gasteiger partial charge in [-0.2, -0.15) is 11.8 Å². The number of thioether (sulfide) groups is 1. The molecule has 0 fully saturated rings. The second-order valence-corrected chi connectivity index (χ2v) is 13.0. The Morgan fingerprint density at radius 1 is 0.953 bits per heavy atom. The highest BCUT2D eigenvalue weighted by Gasteiger charge is 2.37. The molecule has 0 radical (unpaired) electrons. The molecule has 0 spiro atoms. The van der Waals surface area contributed by atoms with Crippen LogP contribution in [0.5, 0.6) is 5.75 Å². The lowest BCUT2D eigenvalue weighted by Crippen LogP contribution is -2.52. The summed E-state index contributed by atoms with van der Waals surface area (Å²) in [6, 6.07) is 10.3. The molecule has 3 amide bonds. The number of nitrogens with zero attached hydrogens (tertiary/aromatic N) is 1. The Labute approximate surface area is 262 Å². The summed E-state index contributed by atoms with van der Waals surface area (Å²) >= 11 is 1.56. The molecule has 0 bridgehead atoms. The smallest absolute Gasteiger partial charge is 0.408 e. The maximum atomic E-state index is 14.4. The third kappa shape index (κ3) is 11.8. The number of alkyl carbamates (subject to hydrolysis) is 1. The van der Waals surface area contributed by atoms with Crippen LogP contribution in [0.15, 0.2) is 42.5 Å². The molecular weight excluding hydrogens is 562 g/mol. The average molecular weight is 614 g/mol. The summed E-state index contributed by atoms with van der Waals surface area (Å²) in [6.45, 7) is 11.6. The molecule has 0 aromatic heterocycles. The predicted molar refractivity (Wildman–Crippen MR) is 177 cm³/mol. The molecule has 0 aliphatic rings. The van der Waals surface area contributed by atoms with Crippen molar-refractivity contribution in [1.82, 2.24) is 10.2 Å². The van der Waals surface area contributed by atoms with E-state index in [1.54, 1.807) is 50.7 Å². The number of aromatic hydroxyl groups is 1. The molecule has 0 aliphatic carbocycles. The van der Waals surface area contributed by atoms with E-state index < -0.39 is 35.6 Å². The standard InChI is InChI=1S/C34H51N3O5S/c1-8-9-10-11-12-15-22-37(32(40)27(21-23-43-7)35-33(41)42-34(4,5)6)30(26-19-13-14-20-28(26)38)31(39)36-29-24(2)17-16-18-25(29)3/h13-14,16-20,27,30,38H,8-12,15,21-23H2,1-7H3,(H,35,41)(H,36,39). The van der Waals surface area contributed by atoms with Gasteiger partial charge in [-0.3, -0.25) is 9.59 Å². The maximum absolute atomic E-state index is 14.4. The minimum absolute atomic E-state index is 0.0781. The summed E-state index contributed by atoms with van der Waals surface area (Å²) in [5.41, 5.74) is 2.04. The molecule has 2 aromatic carbocycles. The molecule has 2 unspecified atom stereocenters. The number of phenols is 1. The topological polar surface area (TPSA) is 108 Å². The molecule has 0 saturated heterocycles. The molecule has 2 aromatic rings. The first-order chi connectivity index (χ1) is 20.4. The number of aryl methyl sites for hydroxylation is 2. The Kier molecular flexibility index (Phi) is 14.9. The van der Waals surface area contributed by atoms with Crippen LogP contribution in [0.4, 0.5) is 10.5 Å². The number of para-hydroxylation sites is 2. The lowest BCUT2D eigenvalue weighted by Gasteiger charge is -2.35. The first kappa shape index (κ1) is 36.0. The van der Waals surface area contributed by atoms with Gasteiger partial charge in [-0.15, -0.1) is 0 Å². The summed E-state index contributed by atoms with van der Waals surface area (Å²) in [5.74, 6) is -0.282. The lowest BCUT2D eigenvalue weighted by molar-refractivity contribution is -0.141.